The fourth-order valence-electron chi connectivity index (χ4n) is 1.31. The molecule has 0 saturated carbocycles. The third kappa shape index (κ3) is 6.22. The van der Waals surface area contributed by atoms with Crippen LogP contribution in [-0.4, -0.2) is 26.2 Å². The van der Waals surface area contributed by atoms with Gasteiger partial charge in [0, 0.05) is 11.6 Å². The number of rotatable bonds is 7. The second-order valence-corrected chi connectivity index (χ2v) is 3.49. The summed E-state index contributed by atoms with van der Waals surface area (Å²) < 4.78 is 9.08. The molecule has 0 aromatic heterocycles. The van der Waals surface area contributed by atoms with Gasteiger partial charge in [-0.25, -0.2) is 9.59 Å². The number of hydrogen-bond acceptors (Lipinski definition) is 4. The SMILES string of the molecule is CCCCCC/C(=C/C(=O)OC)C(=O)OC. The lowest BCUT2D eigenvalue weighted by molar-refractivity contribution is -0.138. The largest absolute Gasteiger partial charge is 0.466 e. The molecule has 0 amide bonds. The Balaban J connectivity index is 4.27. The average molecular weight is 228 g/mol. The van der Waals surface area contributed by atoms with Crippen LogP contribution in [-0.2, 0) is 19.1 Å². The highest BCUT2D eigenvalue weighted by atomic mass is 16.5. The molecular formula is C12H20O4. The van der Waals surface area contributed by atoms with Gasteiger partial charge in [-0.3, -0.25) is 0 Å². The zero-order valence-electron chi connectivity index (χ0n) is 10.2. The van der Waals surface area contributed by atoms with Crippen molar-refractivity contribution in [1.82, 2.24) is 0 Å². The summed E-state index contributed by atoms with van der Waals surface area (Å²) in [6.45, 7) is 2.12. The van der Waals surface area contributed by atoms with Crippen LogP contribution < -0.4 is 0 Å². The van der Waals surface area contributed by atoms with Gasteiger partial charge in [-0.05, 0) is 12.8 Å². The van der Waals surface area contributed by atoms with E-state index >= 15 is 0 Å². The first-order chi connectivity index (χ1) is 7.65. The third-order valence-corrected chi connectivity index (χ3v) is 2.24. The van der Waals surface area contributed by atoms with Crippen molar-refractivity contribution in [1.29, 1.82) is 0 Å². The Kier molecular flexibility index (Phi) is 8.21. The monoisotopic (exact) mass is 228 g/mol. The molecule has 0 aliphatic carbocycles. The summed E-state index contributed by atoms with van der Waals surface area (Å²) >= 11 is 0. The Morgan fingerprint density at radius 1 is 1.06 bits per heavy atom. The smallest absolute Gasteiger partial charge is 0.333 e. The van der Waals surface area contributed by atoms with E-state index in [0.717, 1.165) is 25.7 Å². The number of methoxy groups -OCH3 is 2. The Morgan fingerprint density at radius 3 is 2.25 bits per heavy atom. The second kappa shape index (κ2) is 8.95. The number of hydrogen-bond donors (Lipinski definition) is 0. The molecule has 4 nitrogen and oxygen atoms in total. The Bertz CT molecular complexity index is 256. The van der Waals surface area contributed by atoms with E-state index in [1.165, 1.54) is 20.3 Å². The van der Waals surface area contributed by atoms with Gasteiger partial charge in [0.25, 0.3) is 0 Å². The minimum Gasteiger partial charge on any atom is -0.466 e. The van der Waals surface area contributed by atoms with Crippen LogP contribution in [0, 0.1) is 0 Å². The number of carbonyl (C=O) groups excluding carboxylic acids is 2. The summed E-state index contributed by atoms with van der Waals surface area (Å²) in [6, 6.07) is 0. The molecule has 0 fully saturated rings. The Morgan fingerprint density at radius 2 is 1.75 bits per heavy atom. The van der Waals surface area contributed by atoms with E-state index in [0.29, 0.717) is 12.0 Å². The number of unbranched alkanes of at least 4 members (excludes halogenated alkanes) is 3. The molecular weight excluding hydrogens is 208 g/mol. The van der Waals surface area contributed by atoms with Crippen LogP contribution in [0.1, 0.15) is 39.0 Å². The first kappa shape index (κ1) is 14.7. The molecule has 0 heterocycles. The van der Waals surface area contributed by atoms with Crippen LogP contribution in [0.15, 0.2) is 11.6 Å². The summed E-state index contributed by atoms with van der Waals surface area (Å²) in [6.07, 6.45) is 5.96. The highest BCUT2D eigenvalue weighted by molar-refractivity contribution is 5.96. The maximum Gasteiger partial charge on any atom is 0.333 e. The second-order valence-electron chi connectivity index (χ2n) is 3.49. The predicted octanol–water partition coefficient (Wildman–Crippen LogP) is 2.23. The van der Waals surface area contributed by atoms with E-state index in [1.54, 1.807) is 0 Å². The maximum atomic E-state index is 11.3. The molecule has 0 N–H and O–H groups in total. The molecule has 0 aromatic rings. The van der Waals surface area contributed by atoms with Crippen molar-refractivity contribution in [3.8, 4) is 0 Å². The van der Waals surface area contributed by atoms with Crippen molar-refractivity contribution in [2.75, 3.05) is 14.2 Å². The van der Waals surface area contributed by atoms with Gasteiger partial charge >= 0.3 is 11.9 Å². The molecule has 0 aromatic carbocycles. The van der Waals surface area contributed by atoms with E-state index in [4.69, 9.17) is 0 Å². The molecule has 0 radical (unpaired) electrons. The molecule has 4 heteroatoms. The van der Waals surface area contributed by atoms with Crippen molar-refractivity contribution >= 4 is 11.9 Å². The van der Waals surface area contributed by atoms with Gasteiger partial charge in [-0.1, -0.05) is 26.2 Å². The Hall–Kier alpha value is -1.32. The van der Waals surface area contributed by atoms with Crippen LogP contribution in [0.5, 0.6) is 0 Å². The van der Waals surface area contributed by atoms with Gasteiger partial charge in [-0.15, -0.1) is 0 Å². The van der Waals surface area contributed by atoms with E-state index < -0.39 is 11.9 Å². The van der Waals surface area contributed by atoms with Crippen molar-refractivity contribution in [3.63, 3.8) is 0 Å². The molecule has 0 saturated heterocycles. The highest BCUT2D eigenvalue weighted by Crippen LogP contribution is 2.11. The number of esters is 2. The lowest BCUT2D eigenvalue weighted by atomic mass is 10.1. The molecule has 0 aliphatic heterocycles. The van der Waals surface area contributed by atoms with E-state index in [1.807, 2.05) is 0 Å². The maximum absolute atomic E-state index is 11.3. The summed E-state index contributed by atoms with van der Waals surface area (Å²) in [4.78, 5) is 22.4. The summed E-state index contributed by atoms with van der Waals surface area (Å²) in [5.74, 6) is -0.974. The summed E-state index contributed by atoms with van der Waals surface area (Å²) in [5, 5.41) is 0. The van der Waals surface area contributed by atoms with Gasteiger partial charge in [0.1, 0.15) is 0 Å². The van der Waals surface area contributed by atoms with Crippen molar-refractivity contribution in [2.45, 2.75) is 39.0 Å². The van der Waals surface area contributed by atoms with Crippen LogP contribution in [0.25, 0.3) is 0 Å². The molecule has 0 unspecified atom stereocenters. The van der Waals surface area contributed by atoms with Crippen LogP contribution in [0.2, 0.25) is 0 Å². The van der Waals surface area contributed by atoms with Crippen molar-refractivity contribution in [2.24, 2.45) is 0 Å². The molecule has 92 valence electrons. The van der Waals surface area contributed by atoms with Crippen LogP contribution in [0.4, 0.5) is 0 Å². The van der Waals surface area contributed by atoms with Gasteiger partial charge in [0.15, 0.2) is 0 Å². The fourth-order valence-corrected chi connectivity index (χ4v) is 1.31. The zero-order chi connectivity index (χ0) is 12.4. The van der Waals surface area contributed by atoms with Gasteiger partial charge in [-0.2, -0.15) is 0 Å². The van der Waals surface area contributed by atoms with Gasteiger partial charge < -0.3 is 9.47 Å². The number of carbonyl (C=O) groups is 2. The standard InChI is InChI=1S/C12H20O4/c1-4-5-6-7-8-10(12(14)16-3)9-11(13)15-2/h9H,4-8H2,1-3H3/b10-9-. The van der Waals surface area contributed by atoms with Crippen molar-refractivity contribution in [3.05, 3.63) is 11.6 Å². The van der Waals surface area contributed by atoms with E-state index in [9.17, 15) is 9.59 Å². The Labute approximate surface area is 96.6 Å². The molecule has 0 aliphatic rings. The summed E-state index contributed by atoms with van der Waals surface area (Å²) in [5.41, 5.74) is 0.380. The minimum atomic E-state index is -0.518. The molecule has 0 atom stereocenters. The zero-order valence-corrected chi connectivity index (χ0v) is 10.2. The molecule has 16 heavy (non-hydrogen) atoms. The average Bonchev–Trinajstić information content (AvgIpc) is 2.31. The van der Waals surface area contributed by atoms with Crippen LogP contribution >= 0.6 is 0 Å². The topological polar surface area (TPSA) is 52.6 Å². The van der Waals surface area contributed by atoms with Gasteiger partial charge in [0.2, 0.25) is 0 Å². The lowest BCUT2D eigenvalue weighted by Gasteiger charge is -2.04. The fraction of sp³-hybridized carbons (Fsp3) is 0.667. The van der Waals surface area contributed by atoms with Crippen LogP contribution in [0.3, 0.4) is 0 Å². The first-order valence-corrected chi connectivity index (χ1v) is 5.52. The first-order valence-electron chi connectivity index (χ1n) is 5.52. The quantitative estimate of drug-likeness (QED) is 0.381. The predicted molar refractivity (Wildman–Crippen MR) is 60.9 cm³/mol. The summed E-state index contributed by atoms with van der Waals surface area (Å²) in [7, 11) is 2.59. The lowest BCUT2D eigenvalue weighted by Crippen LogP contribution is -2.08. The molecule has 0 rings (SSSR count). The normalized spacial score (nSPS) is 11.1. The number of ether oxygens (including phenoxy) is 2. The van der Waals surface area contributed by atoms with E-state index in [2.05, 4.69) is 16.4 Å². The third-order valence-electron chi connectivity index (χ3n) is 2.24. The van der Waals surface area contributed by atoms with Crippen molar-refractivity contribution < 1.29 is 19.1 Å². The van der Waals surface area contributed by atoms with E-state index in [-0.39, 0.29) is 0 Å². The molecule has 0 spiro atoms. The van der Waals surface area contributed by atoms with Gasteiger partial charge in [0.05, 0.1) is 14.2 Å². The molecule has 0 bridgehead atoms. The minimum absolute atomic E-state index is 0.380. The highest BCUT2D eigenvalue weighted by Gasteiger charge is 2.11.